The maximum atomic E-state index is 12.5. The normalized spacial score (nSPS) is 10.8. The van der Waals surface area contributed by atoms with Crippen LogP contribution in [0.25, 0.3) is 11.3 Å². The first-order valence-corrected chi connectivity index (χ1v) is 8.80. The molecule has 3 aromatic rings. The number of nitrogens with one attached hydrogen (secondary N) is 1. The number of benzene rings is 1. The Morgan fingerprint density at radius 2 is 1.88 bits per heavy atom. The van der Waals surface area contributed by atoms with Crippen molar-refractivity contribution < 1.29 is 9.21 Å². The van der Waals surface area contributed by atoms with E-state index in [1.54, 1.807) is 6.92 Å². The highest BCUT2D eigenvalue weighted by Gasteiger charge is 2.19. The summed E-state index contributed by atoms with van der Waals surface area (Å²) in [5.41, 5.74) is 4.68. The largest absolute Gasteiger partial charge is 0.466 e. The summed E-state index contributed by atoms with van der Waals surface area (Å²) in [5.74, 6) is 1.23. The smallest absolute Gasteiger partial charge is 0.261 e. The summed E-state index contributed by atoms with van der Waals surface area (Å²) in [4.78, 5) is 17.0. The van der Waals surface area contributed by atoms with Gasteiger partial charge in [-0.2, -0.15) is 0 Å². The van der Waals surface area contributed by atoms with Crippen molar-refractivity contribution in [2.24, 2.45) is 0 Å². The molecule has 3 rings (SSSR count). The van der Waals surface area contributed by atoms with Crippen molar-refractivity contribution in [3.63, 3.8) is 0 Å². The minimum Gasteiger partial charge on any atom is -0.466 e. The zero-order chi connectivity index (χ0) is 17.3. The maximum absolute atomic E-state index is 12.5. The van der Waals surface area contributed by atoms with Crippen LogP contribution in [0.1, 0.15) is 39.9 Å². The second-order valence-corrected chi connectivity index (χ2v) is 6.62. The van der Waals surface area contributed by atoms with E-state index in [9.17, 15) is 4.79 Å². The third kappa shape index (κ3) is 3.12. The van der Waals surface area contributed by atoms with Crippen LogP contribution in [0.5, 0.6) is 0 Å². The van der Waals surface area contributed by atoms with Gasteiger partial charge in [-0.15, -0.1) is 11.3 Å². The fourth-order valence-corrected chi connectivity index (χ4v) is 3.38. The first kappa shape index (κ1) is 16.5. The van der Waals surface area contributed by atoms with Crippen molar-refractivity contribution in [2.45, 2.75) is 34.1 Å². The lowest BCUT2D eigenvalue weighted by Crippen LogP contribution is -2.13. The molecule has 1 amide bonds. The van der Waals surface area contributed by atoms with Gasteiger partial charge >= 0.3 is 0 Å². The first-order chi connectivity index (χ1) is 11.5. The van der Waals surface area contributed by atoms with Crippen LogP contribution in [0.2, 0.25) is 0 Å². The standard InChI is InChI=1S/C19H20N2O2S/c1-5-14-6-8-15(9-7-14)16-10-24-19(20-16)21-18(22)17-11(2)12(3)23-13(17)4/h6-10H,5H2,1-4H3,(H,20,21,22). The first-order valence-electron chi connectivity index (χ1n) is 7.92. The molecule has 24 heavy (non-hydrogen) atoms. The fourth-order valence-electron chi connectivity index (χ4n) is 2.66. The predicted octanol–water partition coefficient (Wildman–Crippen LogP) is 5.14. The van der Waals surface area contributed by atoms with Gasteiger partial charge < -0.3 is 4.42 Å². The second-order valence-electron chi connectivity index (χ2n) is 5.76. The Morgan fingerprint density at radius 1 is 1.17 bits per heavy atom. The minimum absolute atomic E-state index is 0.177. The molecule has 5 heteroatoms. The molecular formula is C19H20N2O2S. The van der Waals surface area contributed by atoms with Gasteiger partial charge in [-0.3, -0.25) is 10.1 Å². The molecule has 0 fully saturated rings. The topological polar surface area (TPSA) is 55.1 Å². The van der Waals surface area contributed by atoms with Crippen molar-refractivity contribution in [3.05, 3.63) is 57.9 Å². The number of aromatic nitrogens is 1. The molecule has 4 nitrogen and oxygen atoms in total. The fraction of sp³-hybridized carbons (Fsp3) is 0.263. The highest BCUT2D eigenvalue weighted by atomic mass is 32.1. The Morgan fingerprint density at radius 3 is 2.46 bits per heavy atom. The number of carbonyl (C=O) groups excluding carboxylic acids is 1. The summed E-state index contributed by atoms with van der Waals surface area (Å²) in [6, 6.07) is 8.34. The van der Waals surface area contributed by atoms with Crippen molar-refractivity contribution in [1.29, 1.82) is 0 Å². The number of amides is 1. The van der Waals surface area contributed by atoms with Crippen LogP contribution in [0.15, 0.2) is 34.1 Å². The van der Waals surface area contributed by atoms with Gasteiger partial charge in [0.05, 0.1) is 11.3 Å². The number of hydrogen-bond donors (Lipinski definition) is 1. The number of carbonyl (C=O) groups is 1. The van der Waals surface area contributed by atoms with Crippen molar-refractivity contribution in [2.75, 3.05) is 5.32 Å². The predicted molar refractivity (Wildman–Crippen MR) is 97.8 cm³/mol. The Hall–Kier alpha value is -2.40. The van der Waals surface area contributed by atoms with E-state index in [-0.39, 0.29) is 5.91 Å². The summed E-state index contributed by atoms with van der Waals surface area (Å²) < 4.78 is 5.52. The molecule has 0 bridgehead atoms. The van der Waals surface area contributed by atoms with Gasteiger partial charge in [0.25, 0.3) is 5.91 Å². The number of furan rings is 1. The molecule has 1 N–H and O–H groups in total. The van der Waals surface area contributed by atoms with Crippen LogP contribution in [0, 0.1) is 20.8 Å². The summed E-state index contributed by atoms with van der Waals surface area (Å²) in [6.07, 6.45) is 1.02. The molecule has 0 unspecified atom stereocenters. The zero-order valence-electron chi connectivity index (χ0n) is 14.3. The van der Waals surface area contributed by atoms with E-state index in [1.165, 1.54) is 16.9 Å². The Balaban J connectivity index is 1.79. The van der Waals surface area contributed by atoms with E-state index in [0.717, 1.165) is 29.0 Å². The van der Waals surface area contributed by atoms with E-state index >= 15 is 0 Å². The lowest BCUT2D eigenvalue weighted by atomic mass is 10.1. The molecule has 0 aliphatic heterocycles. The monoisotopic (exact) mass is 340 g/mol. The Kier molecular flexibility index (Phi) is 4.53. The van der Waals surface area contributed by atoms with E-state index < -0.39 is 0 Å². The number of hydrogen-bond acceptors (Lipinski definition) is 4. The van der Waals surface area contributed by atoms with E-state index in [1.807, 2.05) is 19.2 Å². The lowest BCUT2D eigenvalue weighted by Gasteiger charge is -2.02. The average molecular weight is 340 g/mol. The van der Waals surface area contributed by atoms with Gasteiger partial charge in [-0.1, -0.05) is 31.2 Å². The molecule has 0 atom stereocenters. The molecular weight excluding hydrogens is 320 g/mol. The van der Waals surface area contributed by atoms with Crippen molar-refractivity contribution >= 4 is 22.4 Å². The summed E-state index contributed by atoms with van der Waals surface area (Å²) >= 11 is 1.42. The number of anilines is 1. The van der Waals surface area contributed by atoms with Gasteiger partial charge in [0, 0.05) is 16.5 Å². The number of aryl methyl sites for hydroxylation is 3. The SMILES string of the molecule is CCc1ccc(-c2csc(NC(=O)c3c(C)oc(C)c3C)n2)cc1. The number of nitrogens with zero attached hydrogens (tertiary/aromatic N) is 1. The molecule has 1 aromatic carbocycles. The summed E-state index contributed by atoms with van der Waals surface area (Å²) in [6.45, 7) is 7.69. The average Bonchev–Trinajstić information content (AvgIpc) is 3.12. The number of rotatable bonds is 4. The molecule has 0 saturated carbocycles. The van der Waals surface area contributed by atoms with Crippen LogP contribution >= 0.6 is 11.3 Å². The van der Waals surface area contributed by atoms with E-state index in [2.05, 4.69) is 41.5 Å². The molecule has 0 saturated heterocycles. The summed E-state index contributed by atoms with van der Waals surface area (Å²) in [5, 5.41) is 5.42. The quantitative estimate of drug-likeness (QED) is 0.715. The van der Waals surface area contributed by atoms with Crippen molar-refractivity contribution in [1.82, 2.24) is 4.98 Å². The highest BCUT2D eigenvalue weighted by molar-refractivity contribution is 7.14. The van der Waals surface area contributed by atoms with Gasteiger partial charge in [0.1, 0.15) is 11.5 Å². The van der Waals surface area contributed by atoms with Crippen LogP contribution in [-0.2, 0) is 6.42 Å². The Bertz CT molecular complexity index is 875. The van der Waals surface area contributed by atoms with Crippen LogP contribution in [-0.4, -0.2) is 10.9 Å². The second kappa shape index (κ2) is 6.61. The van der Waals surface area contributed by atoms with Crippen molar-refractivity contribution in [3.8, 4) is 11.3 Å². The molecule has 2 aromatic heterocycles. The van der Waals surface area contributed by atoms with Crippen LogP contribution < -0.4 is 5.32 Å². The zero-order valence-corrected chi connectivity index (χ0v) is 15.1. The van der Waals surface area contributed by atoms with E-state index in [0.29, 0.717) is 16.5 Å². The molecule has 0 radical (unpaired) electrons. The third-order valence-electron chi connectivity index (χ3n) is 4.17. The van der Waals surface area contributed by atoms with Gasteiger partial charge in [0.2, 0.25) is 0 Å². The van der Waals surface area contributed by atoms with Crippen LogP contribution in [0.4, 0.5) is 5.13 Å². The molecule has 0 aliphatic carbocycles. The summed E-state index contributed by atoms with van der Waals surface area (Å²) in [7, 11) is 0. The van der Waals surface area contributed by atoms with Crippen LogP contribution in [0.3, 0.4) is 0 Å². The maximum Gasteiger partial charge on any atom is 0.261 e. The lowest BCUT2D eigenvalue weighted by molar-refractivity contribution is 0.102. The highest BCUT2D eigenvalue weighted by Crippen LogP contribution is 2.27. The molecule has 2 heterocycles. The third-order valence-corrected chi connectivity index (χ3v) is 4.93. The Labute approximate surface area is 145 Å². The molecule has 0 spiro atoms. The molecule has 0 aliphatic rings. The number of thiazole rings is 1. The molecule has 124 valence electrons. The van der Waals surface area contributed by atoms with Gasteiger partial charge in [-0.05, 0) is 32.8 Å². The minimum atomic E-state index is -0.177. The van der Waals surface area contributed by atoms with Gasteiger partial charge in [-0.25, -0.2) is 4.98 Å². The van der Waals surface area contributed by atoms with Gasteiger partial charge in [0.15, 0.2) is 5.13 Å². The van der Waals surface area contributed by atoms with E-state index in [4.69, 9.17) is 4.42 Å².